The van der Waals surface area contributed by atoms with Gasteiger partial charge in [0.2, 0.25) is 5.56 Å². The first-order chi connectivity index (χ1) is 10.5. The van der Waals surface area contributed by atoms with Crippen LogP contribution in [-0.4, -0.2) is 35.9 Å². The number of esters is 1. The molecule has 22 heavy (non-hydrogen) atoms. The molecule has 0 aliphatic carbocycles. The van der Waals surface area contributed by atoms with Gasteiger partial charge in [0.1, 0.15) is 0 Å². The molecule has 1 aromatic heterocycles. The van der Waals surface area contributed by atoms with E-state index in [0.717, 1.165) is 5.56 Å². The minimum absolute atomic E-state index is 0.201. The van der Waals surface area contributed by atoms with E-state index in [1.807, 2.05) is 0 Å². The van der Waals surface area contributed by atoms with Gasteiger partial charge < -0.3 is 14.6 Å². The maximum atomic E-state index is 12.2. The van der Waals surface area contributed by atoms with Crippen LogP contribution in [0.1, 0.15) is 26.3 Å². The number of hydrogen-bond donors (Lipinski definition) is 1. The van der Waals surface area contributed by atoms with Crippen molar-refractivity contribution in [2.45, 2.75) is 6.54 Å². The number of nitrogens with one attached hydrogen (secondary N) is 1. The maximum Gasteiger partial charge on any atom is 0.337 e. The summed E-state index contributed by atoms with van der Waals surface area (Å²) >= 11 is 0. The van der Waals surface area contributed by atoms with Crippen LogP contribution in [0.4, 0.5) is 0 Å². The number of rotatable bonds is 4. The Bertz CT molecular complexity index is 714. The maximum absolute atomic E-state index is 12.2. The summed E-state index contributed by atoms with van der Waals surface area (Å²) in [6.45, 7) is 0.388. The number of hydrogen-bond acceptors (Lipinski definition) is 4. The van der Waals surface area contributed by atoms with E-state index in [0.29, 0.717) is 17.7 Å². The molecule has 1 aromatic carbocycles. The van der Waals surface area contributed by atoms with E-state index in [1.54, 1.807) is 31.3 Å². The predicted octanol–water partition coefficient (Wildman–Crippen LogP) is 1.43. The highest BCUT2D eigenvalue weighted by Crippen LogP contribution is 2.10. The summed E-state index contributed by atoms with van der Waals surface area (Å²) < 4.78 is 4.63. The summed E-state index contributed by atoms with van der Waals surface area (Å²) in [7, 11) is 2.99. The number of H-pyrrole nitrogens is 1. The van der Waals surface area contributed by atoms with E-state index in [1.165, 1.54) is 30.3 Å². The lowest BCUT2D eigenvalue weighted by Gasteiger charge is -2.17. The van der Waals surface area contributed by atoms with Gasteiger partial charge >= 0.3 is 5.97 Å². The van der Waals surface area contributed by atoms with Gasteiger partial charge in [0.25, 0.3) is 5.91 Å². The molecule has 6 nitrogen and oxygen atoms in total. The standard InChI is InChI=1S/C16H16N2O4/c1-18(15(20)13-7-8-14(19)17-9-13)10-11-3-5-12(6-4-11)16(21)22-2/h3-9H,10H2,1-2H3,(H,17,19). The fourth-order valence-electron chi connectivity index (χ4n) is 1.97. The Kier molecular flexibility index (Phi) is 4.73. The number of amides is 1. The summed E-state index contributed by atoms with van der Waals surface area (Å²) in [6, 6.07) is 9.63. The van der Waals surface area contributed by atoms with Crippen LogP contribution >= 0.6 is 0 Å². The third kappa shape index (κ3) is 3.60. The average molecular weight is 300 g/mol. The molecule has 2 aromatic rings. The van der Waals surface area contributed by atoms with E-state index in [4.69, 9.17) is 0 Å². The van der Waals surface area contributed by atoms with E-state index in [-0.39, 0.29) is 11.5 Å². The molecule has 0 saturated carbocycles. The zero-order valence-electron chi connectivity index (χ0n) is 12.3. The molecule has 0 saturated heterocycles. The quantitative estimate of drug-likeness (QED) is 0.866. The normalized spacial score (nSPS) is 10.1. The summed E-state index contributed by atoms with van der Waals surface area (Å²) in [4.78, 5) is 38.6. The highest BCUT2D eigenvalue weighted by atomic mass is 16.5. The molecule has 0 fully saturated rings. The molecule has 1 N–H and O–H groups in total. The summed E-state index contributed by atoms with van der Waals surface area (Å²) in [5, 5.41) is 0. The fourth-order valence-corrected chi connectivity index (χ4v) is 1.97. The van der Waals surface area contributed by atoms with Crippen molar-refractivity contribution in [3.05, 3.63) is 69.6 Å². The van der Waals surface area contributed by atoms with Crippen molar-refractivity contribution in [2.24, 2.45) is 0 Å². The molecular weight excluding hydrogens is 284 g/mol. The zero-order valence-corrected chi connectivity index (χ0v) is 12.3. The Hall–Kier alpha value is -2.89. The lowest BCUT2D eigenvalue weighted by Crippen LogP contribution is -2.26. The number of methoxy groups -OCH3 is 1. The monoisotopic (exact) mass is 300 g/mol. The smallest absolute Gasteiger partial charge is 0.337 e. The van der Waals surface area contributed by atoms with Crippen LogP contribution in [0.5, 0.6) is 0 Å². The Morgan fingerprint density at radius 2 is 1.73 bits per heavy atom. The van der Waals surface area contributed by atoms with Gasteiger partial charge in [-0.05, 0) is 23.8 Å². The molecule has 0 spiro atoms. The van der Waals surface area contributed by atoms with Gasteiger partial charge in [-0.15, -0.1) is 0 Å². The minimum Gasteiger partial charge on any atom is -0.465 e. The Morgan fingerprint density at radius 1 is 1.09 bits per heavy atom. The third-order valence-electron chi connectivity index (χ3n) is 3.17. The van der Waals surface area contributed by atoms with Crippen molar-refractivity contribution in [3.63, 3.8) is 0 Å². The van der Waals surface area contributed by atoms with Crippen molar-refractivity contribution >= 4 is 11.9 Å². The lowest BCUT2D eigenvalue weighted by atomic mass is 10.1. The number of pyridine rings is 1. The highest BCUT2D eigenvalue weighted by molar-refractivity contribution is 5.93. The molecule has 6 heteroatoms. The SMILES string of the molecule is COC(=O)c1ccc(CN(C)C(=O)c2ccc(=O)[nH]c2)cc1. The summed E-state index contributed by atoms with van der Waals surface area (Å²) in [5.41, 5.74) is 1.50. The van der Waals surface area contributed by atoms with Gasteiger partial charge in [0.15, 0.2) is 0 Å². The highest BCUT2D eigenvalue weighted by Gasteiger charge is 2.12. The number of ether oxygens (including phenoxy) is 1. The second kappa shape index (κ2) is 6.71. The molecule has 0 radical (unpaired) electrons. The molecule has 0 aliphatic rings. The van der Waals surface area contributed by atoms with E-state index in [9.17, 15) is 14.4 Å². The van der Waals surface area contributed by atoms with Crippen molar-refractivity contribution < 1.29 is 14.3 Å². The first kappa shape index (κ1) is 15.5. The van der Waals surface area contributed by atoms with Crippen LogP contribution in [0.2, 0.25) is 0 Å². The Labute approximate surface area is 127 Å². The first-order valence-corrected chi connectivity index (χ1v) is 6.62. The van der Waals surface area contributed by atoms with Crippen LogP contribution in [0.25, 0.3) is 0 Å². The molecular formula is C16H16N2O4. The van der Waals surface area contributed by atoms with Crippen molar-refractivity contribution in [1.82, 2.24) is 9.88 Å². The van der Waals surface area contributed by atoms with E-state index >= 15 is 0 Å². The Balaban J connectivity index is 2.06. The van der Waals surface area contributed by atoms with Crippen molar-refractivity contribution in [1.29, 1.82) is 0 Å². The largest absolute Gasteiger partial charge is 0.465 e. The molecule has 2 rings (SSSR count). The van der Waals surface area contributed by atoms with Gasteiger partial charge in [0, 0.05) is 25.9 Å². The topological polar surface area (TPSA) is 79.5 Å². The summed E-state index contributed by atoms with van der Waals surface area (Å²) in [5.74, 6) is -0.600. The van der Waals surface area contributed by atoms with E-state index < -0.39 is 5.97 Å². The third-order valence-corrected chi connectivity index (χ3v) is 3.17. The lowest BCUT2D eigenvalue weighted by molar-refractivity contribution is 0.0600. The van der Waals surface area contributed by atoms with E-state index in [2.05, 4.69) is 9.72 Å². The zero-order chi connectivity index (χ0) is 16.1. The number of aromatic nitrogens is 1. The number of carbonyl (C=O) groups excluding carboxylic acids is 2. The number of aromatic amines is 1. The molecule has 1 amide bonds. The van der Waals surface area contributed by atoms with Gasteiger partial charge in [-0.3, -0.25) is 9.59 Å². The predicted molar refractivity (Wildman–Crippen MR) is 80.6 cm³/mol. The number of benzene rings is 1. The van der Waals surface area contributed by atoms with Crippen molar-refractivity contribution in [3.8, 4) is 0 Å². The fraction of sp³-hybridized carbons (Fsp3) is 0.188. The van der Waals surface area contributed by atoms with Gasteiger partial charge in [-0.25, -0.2) is 4.79 Å². The molecule has 0 atom stereocenters. The second-order valence-corrected chi connectivity index (χ2v) is 4.79. The molecule has 0 aliphatic heterocycles. The van der Waals surface area contributed by atoms with Crippen LogP contribution in [0.15, 0.2) is 47.4 Å². The van der Waals surface area contributed by atoms with Crippen molar-refractivity contribution in [2.75, 3.05) is 14.2 Å². The number of nitrogens with zero attached hydrogens (tertiary/aromatic N) is 1. The first-order valence-electron chi connectivity index (χ1n) is 6.62. The van der Waals surface area contributed by atoms with Crippen LogP contribution in [0.3, 0.4) is 0 Å². The van der Waals surface area contributed by atoms with Gasteiger partial charge in [0.05, 0.1) is 18.2 Å². The minimum atomic E-state index is -0.399. The molecule has 0 unspecified atom stereocenters. The summed E-state index contributed by atoms with van der Waals surface area (Å²) in [6.07, 6.45) is 1.39. The van der Waals surface area contributed by atoms with Crippen LogP contribution in [-0.2, 0) is 11.3 Å². The van der Waals surface area contributed by atoms with Gasteiger partial charge in [-0.1, -0.05) is 12.1 Å². The molecule has 114 valence electrons. The Morgan fingerprint density at radius 3 is 2.27 bits per heavy atom. The average Bonchev–Trinajstić information content (AvgIpc) is 2.54. The van der Waals surface area contributed by atoms with Gasteiger partial charge in [-0.2, -0.15) is 0 Å². The molecule has 1 heterocycles. The van der Waals surface area contributed by atoms with Crippen LogP contribution in [0, 0.1) is 0 Å². The molecule has 0 bridgehead atoms. The second-order valence-electron chi connectivity index (χ2n) is 4.79. The number of carbonyl (C=O) groups is 2. The van der Waals surface area contributed by atoms with Crippen LogP contribution < -0.4 is 5.56 Å².